The van der Waals surface area contributed by atoms with Crippen molar-refractivity contribution in [3.63, 3.8) is 0 Å². The van der Waals surface area contributed by atoms with E-state index in [-0.39, 0.29) is 11.6 Å². The first kappa shape index (κ1) is 25.0. The number of nitro benzene ring substituents is 1. The maximum atomic E-state index is 11.3. The first-order chi connectivity index (χ1) is 18.4. The zero-order valence-electron chi connectivity index (χ0n) is 21.3. The van der Waals surface area contributed by atoms with Gasteiger partial charge in [0, 0.05) is 48.4 Å². The van der Waals surface area contributed by atoms with Crippen LogP contribution < -0.4 is 14.8 Å². The summed E-state index contributed by atoms with van der Waals surface area (Å²) in [5, 5.41) is 24.9. The molecule has 2 aromatic carbocycles. The van der Waals surface area contributed by atoms with Crippen molar-refractivity contribution in [2.75, 3.05) is 32.6 Å². The van der Waals surface area contributed by atoms with Crippen LogP contribution in [0.2, 0.25) is 0 Å². The van der Waals surface area contributed by atoms with Crippen LogP contribution in [-0.2, 0) is 7.05 Å². The molecule has 0 spiro atoms. The van der Waals surface area contributed by atoms with Crippen molar-refractivity contribution in [2.24, 2.45) is 7.05 Å². The van der Waals surface area contributed by atoms with Crippen molar-refractivity contribution < 1.29 is 14.4 Å². The molecule has 11 heteroatoms. The Bertz CT molecular complexity index is 1560. The summed E-state index contributed by atoms with van der Waals surface area (Å²) in [6.07, 6.45) is 5.68. The number of fused-ring (bicyclic) bond motifs is 1. The monoisotopic (exact) mass is 513 g/mol. The number of anilines is 2. The highest BCUT2D eigenvalue weighted by atomic mass is 16.6. The highest BCUT2D eigenvalue weighted by Crippen LogP contribution is 2.35. The third-order valence-corrected chi connectivity index (χ3v) is 6.88. The normalized spacial score (nSPS) is 15.4. The number of likely N-dealkylation sites (tertiary alicyclic amines) is 1. The molecule has 0 amide bonds. The first-order valence-corrected chi connectivity index (χ1v) is 12.2. The van der Waals surface area contributed by atoms with Gasteiger partial charge in [0.15, 0.2) is 0 Å². The molecule has 0 aliphatic carbocycles. The standard InChI is InChI=1S/C27H27N7O4/c1-32-10-4-5-19(32)16-38-20-7-8-21-22(15-33(2)24(21)12-20)26-17(13-28)14-29-27(31-26)30-23-11-18(34(35)36)6-9-25(23)37-3/h6-9,11-12,14-15,19H,4-5,10,16H2,1-3H3,(H,29,30,31). The number of hydrogen-bond acceptors (Lipinski definition) is 9. The second-order valence-corrected chi connectivity index (χ2v) is 9.25. The number of rotatable bonds is 8. The summed E-state index contributed by atoms with van der Waals surface area (Å²) in [7, 11) is 5.53. The second kappa shape index (κ2) is 10.4. The van der Waals surface area contributed by atoms with Gasteiger partial charge in [-0.2, -0.15) is 5.26 Å². The number of hydrogen-bond donors (Lipinski definition) is 1. The summed E-state index contributed by atoms with van der Waals surface area (Å²) in [6, 6.07) is 12.7. The molecule has 1 atom stereocenters. The molecule has 0 radical (unpaired) electrons. The van der Waals surface area contributed by atoms with Crippen LogP contribution in [0.15, 0.2) is 48.8 Å². The van der Waals surface area contributed by atoms with Gasteiger partial charge in [0.05, 0.1) is 40.7 Å². The van der Waals surface area contributed by atoms with Gasteiger partial charge in [-0.05, 0) is 44.6 Å². The number of aryl methyl sites for hydroxylation is 1. The van der Waals surface area contributed by atoms with E-state index in [1.807, 2.05) is 36.0 Å². The fraction of sp³-hybridized carbons (Fsp3) is 0.296. The molecular formula is C27H27N7O4. The van der Waals surface area contributed by atoms with Crippen LogP contribution in [0, 0.1) is 21.4 Å². The number of non-ortho nitro benzene ring substituents is 1. The maximum Gasteiger partial charge on any atom is 0.271 e. The SMILES string of the molecule is COc1ccc([N+](=O)[O-])cc1Nc1ncc(C#N)c(-c2cn(C)c3cc(OCC4CCCN4C)ccc23)n1. The molecule has 0 bridgehead atoms. The molecule has 1 aliphatic heterocycles. The second-order valence-electron chi connectivity index (χ2n) is 9.25. The lowest BCUT2D eigenvalue weighted by Gasteiger charge is -2.19. The third-order valence-electron chi connectivity index (χ3n) is 6.88. The van der Waals surface area contributed by atoms with E-state index in [1.54, 1.807) is 0 Å². The number of likely N-dealkylation sites (N-methyl/N-ethyl adjacent to an activating group) is 1. The molecule has 1 unspecified atom stereocenters. The van der Waals surface area contributed by atoms with Crippen LogP contribution >= 0.6 is 0 Å². The largest absolute Gasteiger partial charge is 0.495 e. The van der Waals surface area contributed by atoms with Crippen molar-refractivity contribution in [2.45, 2.75) is 18.9 Å². The molecule has 0 saturated carbocycles. The van der Waals surface area contributed by atoms with E-state index in [0.717, 1.165) is 35.2 Å². The summed E-state index contributed by atoms with van der Waals surface area (Å²) in [5.74, 6) is 1.36. The number of nitro groups is 1. The number of benzene rings is 2. The van der Waals surface area contributed by atoms with E-state index >= 15 is 0 Å². The topological polar surface area (TPSA) is 131 Å². The Morgan fingerprint density at radius 2 is 2.11 bits per heavy atom. The van der Waals surface area contributed by atoms with Crippen LogP contribution in [0.4, 0.5) is 17.3 Å². The molecule has 11 nitrogen and oxygen atoms in total. The average Bonchev–Trinajstić information content (AvgIpc) is 3.49. The number of ether oxygens (including phenoxy) is 2. The number of nitriles is 1. The molecule has 3 heterocycles. The number of nitrogens with one attached hydrogen (secondary N) is 1. The lowest BCUT2D eigenvalue weighted by Crippen LogP contribution is -2.30. The lowest BCUT2D eigenvalue weighted by molar-refractivity contribution is -0.384. The molecular weight excluding hydrogens is 486 g/mol. The summed E-state index contributed by atoms with van der Waals surface area (Å²) in [6.45, 7) is 1.74. The maximum absolute atomic E-state index is 11.3. The number of aromatic nitrogens is 3. The Morgan fingerprint density at radius 3 is 2.82 bits per heavy atom. The smallest absolute Gasteiger partial charge is 0.271 e. The van der Waals surface area contributed by atoms with E-state index in [4.69, 9.17) is 9.47 Å². The van der Waals surface area contributed by atoms with E-state index in [9.17, 15) is 15.4 Å². The zero-order chi connectivity index (χ0) is 26.8. The Hall–Kier alpha value is -4.69. The van der Waals surface area contributed by atoms with Gasteiger partial charge in [0.1, 0.15) is 24.2 Å². The zero-order valence-corrected chi connectivity index (χ0v) is 21.3. The highest BCUT2D eigenvalue weighted by molar-refractivity contribution is 5.97. The molecule has 1 saturated heterocycles. The summed E-state index contributed by atoms with van der Waals surface area (Å²) < 4.78 is 13.4. The van der Waals surface area contributed by atoms with Crippen LogP contribution in [0.1, 0.15) is 18.4 Å². The van der Waals surface area contributed by atoms with Crippen LogP contribution in [0.3, 0.4) is 0 Å². The van der Waals surface area contributed by atoms with Gasteiger partial charge in [0.2, 0.25) is 5.95 Å². The van der Waals surface area contributed by atoms with Gasteiger partial charge in [-0.25, -0.2) is 9.97 Å². The van der Waals surface area contributed by atoms with Gasteiger partial charge >= 0.3 is 0 Å². The van der Waals surface area contributed by atoms with E-state index in [2.05, 4.69) is 33.3 Å². The quantitative estimate of drug-likeness (QED) is 0.264. The molecule has 1 N–H and O–H groups in total. The van der Waals surface area contributed by atoms with Crippen molar-refractivity contribution in [1.29, 1.82) is 5.26 Å². The average molecular weight is 514 g/mol. The van der Waals surface area contributed by atoms with Crippen LogP contribution in [0.5, 0.6) is 11.5 Å². The van der Waals surface area contributed by atoms with Crippen molar-refractivity contribution in [3.8, 4) is 28.8 Å². The fourth-order valence-corrected chi connectivity index (χ4v) is 4.78. The Labute approximate surface area is 219 Å². The number of nitrogens with zero attached hydrogens (tertiary/aromatic N) is 6. The Balaban J connectivity index is 1.48. The minimum absolute atomic E-state index is 0.103. The highest BCUT2D eigenvalue weighted by Gasteiger charge is 2.22. The molecule has 1 fully saturated rings. The van der Waals surface area contributed by atoms with E-state index < -0.39 is 4.92 Å². The minimum atomic E-state index is -0.490. The van der Waals surface area contributed by atoms with Gasteiger partial charge in [-0.15, -0.1) is 0 Å². The molecule has 4 aromatic rings. The van der Waals surface area contributed by atoms with Gasteiger partial charge in [0.25, 0.3) is 5.69 Å². The Kier molecular flexibility index (Phi) is 6.81. The van der Waals surface area contributed by atoms with E-state index in [0.29, 0.717) is 35.3 Å². The third kappa shape index (κ3) is 4.81. The fourth-order valence-electron chi connectivity index (χ4n) is 4.78. The first-order valence-electron chi connectivity index (χ1n) is 12.2. The summed E-state index contributed by atoms with van der Waals surface area (Å²) in [5.41, 5.74) is 2.69. The van der Waals surface area contributed by atoms with Crippen LogP contribution in [0.25, 0.3) is 22.2 Å². The van der Waals surface area contributed by atoms with Crippen molar-refractivity contribution in [3.05, 3.63) is 64.5 Å². The molecule has 38 heavy (non-hydrogen) atoms. The minimum Gasteiger partial charge on any atom is -0.495 e. The molecule has 2 aromatic heterocycles. The lowest BCUT2D eigenvalue weighted by atomic mass is 10.1. The van der Waals surface area contributed by atoms with Crippen molar-refractivity contribution >= 4 is 28.2 Å². The van der Waals surface area contributed by atoms with Crippen LogP contribution in [-0.4, -0.2) is 57.7 Å². The predicted molar refractivity (Wildman–Crippen MR) is 143 cm³/mol. The van der Waals surface area contributed by atoms with Gasteiger partial charge in [-0.1, -0.05) is 0 Å². The van der Waals surface area contributed by atoms with Gasteiger partial charge < -0.3 is 24.3 Å². The summed E-state index contributed by atoms with van der Waals surface area (Å²) in [4.78, 5) is 22.0. The van der Waals surface area contributed by atoms with Crippen molar-refractivity contribution in [1.82, 2.24) is 19.4 Å². The predicted octanol–water partition coefficient (Wildman–Crippen LogP) is 4.64. The molecule has 1 aliphatic rings. The van der Waals surface area contributed by atoms with E-state index in [1.165, 1.54) is 37.9 Å². The molecule has 194 valence electrons. The molecule has 5 rings (SSSR count). The summed E-state index contributed by atoms with van der Waals surface area (Å²) >= 11 is 0. The Morgan fingerprint density at radius 1 is 1.26 bits per heavy atom. The number of methoxy groups -OCH3 is 1. The van der Waals surface area contributed by atoms with Gasteiger partial charge in [-0.3, -0.25) is 10.1 Å².